The molecule has 9 nitrogen and oxygen atoms in total. The van der Waals surface area contributed by atoms with E-state index >= 15 is 0 Å². The molecule has 1 aliphatic rings. The van der Waals surface area contributed by atoms with Crippen LogP contribution in [0.1, 0.15) is 31.9 Å². The number of nitrogens with zero attached hydrogens (tertiary/aromatic N) is 3. The normalized spacial score (nSPS) is 15.8. The first-order valence-electron chi connectivity index (χ1n) is 9.85. The van der Waals surface area contributed by atoms with Crippen LogP contribution >= 0.6 is 0 Å². The highest BCUT2D eigenvalue weighted by Crippen LogP contribution is 2.29. The van der Waals surface area contributed by atoms with Crippen LogP contribution in [0.4, 0.5) is 11.4 Å². The summed E-state index contributed by atoms with van der Waals surface area (Å²) >= 11 is 0. The number of rotatable bonds is 6. The zero-order valence-electron chi connectivity index (χ0n) is 17.7. The van der Waals surface area contributed by atoms with Gasteiger partial charge in [-0.15, -0.1) is 0 Å². The molecule has 1 fully saturated rings. The fourth-order valence-corrected chi connectivity index (χ4v) is 4.53. The predicted octanol–water partition coefficient (Wildman–Crippen LogP) is 3.36. The van der Waals surface area contributed by atoms with Gasteiger partial charge in [0.05, 0.1) is 29.2 Å². The lowest BCUT2D eigenvalue weighted by atomic mass is 9.87. The fourth-order valence-electron chi connectivity index (χ4n) is 3.10. The monoisotopic (exact) mass is 446 g/mol. The van der Waals surface area contributed by atoms with Crippen LogP contribution in [-0.2, 0) is 20.2 Å². The molecule has 0 aromatic heterocycles. The summed E-state index contributed by atoms with van der Waals surface area (Å²) in [6, 6.07) is 11.6. The number of morpholine rings is 1. The third-order valence-corrected chi connectivity index (χ3v) is 6.84. The van der Waals surface area contributed by atoms with Gasteiger partial charge in [-0.1, -0.05) is 45.0 Å². The lowest BCUT2D eigenvalue weighted by Crippen LogP contribution is -2.40. The van der Waals surface area contributed by atoms with Crippen molar-refractivity contribution in [3.05, 3.63) is 63.7 Å². The molecule has 1 heterocycles. The molecule has 0 spiro atoms. The molecule has 166 valence electrons. The van der Waals surface area contributed by atoms with Gasteiger partial charge in [-0.25, -0.2) is 8.42 Å². The minimum Gasteiger partial charge on any atom is -0.379 e. The molecule has 0 radical (unpaired) electrons. The summed E-state index contributed by atoms with van der Waals surface area (Å²) in [6.45, 7) is 7.40. The van der Waals surface area contributed by atoms with E-state index in [-0.39, 0.29) is 34.8 Å². The summed E-state index contributed by atoms with van der Waals surface area (Å²) in [6.07, 6.45) is 1.55. The molecule has 0 aliphatic carbocycles. The Morgan fingerprint density at radius 1 is 1.13 bits per heavy atom. The van der Waals surface area contributed by atoms with E-state index in [0.717, 1.165) is 11.6 Å². The van der Waals surface area contributed by atoms with E-state index in [4.69, 9.17) is 4.74 Å². The highest BCUT2D eigenvalue weighted by molar-refractivity contribution is 7.89. The van der Waals surface area contributed by atoms with E-state index in [1.165, 1.54) is 22.0 Å². The molecule has 0 atom stereocenters. The van der Waals surface area contributed by atoms with Crippen molar-refractivity contribution in [1.29, 1.82) is 0 Å². The summed E-state index contributed by atoms with van der Waals surface area (Å²) in [5, 5.41) is 15.6. The van der Waals surface area contributed by atoms with Crippen molar-refractivity contribution in [1.82, 2.24) is 4.31 Å². The van der Waals surface area contributed by atoms with Gasteiger partial charge in [-0.2, -0.15) is 9.41 Å². The zero-order valence-corrected chi connectivity index (χ0v) is 18.6. The number of nitrogens with one attached hydrogen (secondary N) is 1. The van der Waals surface area contributed by atoms with Gasteiger partial charge in [0.25, 0.3) is 5.69 Å². The van der Waals surface area contributed by atoms with Crippen LogP contribution in [0.3, 0.4) is 0 Å². The lowest BCUT2D eigenvalue weighted by molar-refractivity contribution is -0.384. The maximum atomic E-state index is 12.8. The number of anilines is 1. The molecule has 3 rings (SSSR count). The lowest BCUT2D eigenvalue weighted by Gasteiger charge is -2.26. The maximum Gasteiger partial charge on any atom is 0.295 e. The van der Waals surface area contributed by atoms with Gasteiger partial charge < -0.3 is 4.74 Å². The quantitative estimate of drug-likeness (QED) is 0.413. The molecule has 0 saturated carbocycles. The Balaban J connectivity index is 1.79. The molecule has 0 amide bonds. The van der Waals surface area contributed by atoms with Gasteiger partial charge in [-0.3, -0.25) is 15.5 Å². The van der Waals surface area contributed by atoms with Gasteiger partial charge in [-0.05, 0) is 28.7 Å². The van der Waals surface area contributed by atoms with Crippen LogP contribution in [-0.4, -0.2) is 50.2 Å². The second-order valence-corrected chi connectivity index (χ2v) is 10.1. The first-order valence-corrected chi connectivity index (χ1v) is 11.3. The van der Waals surface area contributed by atoms with Crippen molar-refractivity contribution in [2.24, 2.45) is 5.10 Å². The van der Waals surface area contributed by atoms with Crippen molar-refractivity contribution >= 4 is 27.6 Å². The second kappa shape index (κ2) is 9.13. The fraction of sp³-hybridized carbons (Fsp3) is 0.381. The molecule has 1 aliphatic heterocycles. The minimum absolute atomic E-state index is 0.0395. The van der Waals surface area contributed by atoms with Crippen LogP contribution in [0, 0.1) is 10.1 Å². The van der Waals surface area contributed by atoms with Crippen LogP contribution in [0.15, 0.2) is 52.5 Å². The van der Waals surface area contributed by atoms with E-state index in [1.54, 1.807) is 6.21 Å². The Kier molecular flexibility index (Phi) is 6.73. The van der Waals surface area contributed by atoms with Gasteiger partial charge in [0, 0.05) is 19.2 Å². The number of nitro benzene ring substituents is 1. The van der Waals surface area contributed by atoms with Crippen LogP contribution in [0.5, 0.6) is 0 Å². The van der Waals surface area contributed by atoms with Crippen molar-refractivity contribution < 1.29 is 18.1 Å². The van der Waals surface area contributed by atoms with Gasteiger partial charge in [0.15, 0.2) is 0 Å². The third-order valence-electron chi connectivity index (χ3n) is 4.95. The van der Waals surface area contributed by atoms with E-state index < -0.39 is 14.9 Å². The summed E-state index contributed by atoms with van der Waals surface area (Å²) in [7, 11) is -3.83. The SMILES string of the molecule is CC(C)(C)c1ccc(/C=N\Nc2ccc(S(=O)(=O)N3CCOCC3)cc2[N+](=O)[O-])cc1. The van der Waals surface area contributed by atoms with E-state index in [9.17, 15) is 18.5 Å². The Morgan fingerprint density at radius 2 is 1.77 bits per heavy atom. The van der Waals surface area contributed by atoms with Crippen LogP contribution in [0.2, 0.25) is 0 Å². The van der Waals surface area contributed by atoms with Crippen molar-refractivity contribution in [3.63, 3.8) is 0 Å². The van der Waals surface area contributed by atoms with Crippen molar-refractivity contribution in [3.8, 4) is 0 Å². The number of ether oxygens (including phenoxy) is 1. The van der Waals surface area contributed by atoms with Crippen molar-refractivity contribution in [2.75, 3.05) is 31.7 Å². The average molecular weight is 447 g/mol. The molecular weight excluding hydrogens is 420 g/mol. The van der Waals surface area contributed by atoms with Crippen LogP contribution < -0.4 is 5.43 Å². The Bertz CT molecular complexity index is 1070. The smallest absolute Gasteiger partial charge is 0.295 e. The molecule has 2 aromatic rings. The maximum absolute atomic E-state index is 12.8. The molecule has 10 heteroatoms. The summed E-state index contributed by atoms with van der Waals surface area (Å²) < 4.78 is 32.0. The summed E-state index contributed by atoms with van der Waals surface area (Å²) in [5.74, 6) is 0. The molecule has 0 unspecified atom stereocenters. The van der Waals surface area contributed by atoms with E-state index in [1.807, 2.05) is 24.3 Å². The first kappa shape index (κ1) is 22.9. The van der Waals surface area contributed by atoms with Crippen LogP contribution in [0.25, 0.3) is 0 Å². The Morgan fingerprint density at radius 3 is 2.35 bits per heavy atom. The topological polar surface area (TPSA) is 114 Å². The highest BCUT2D eigenvalue weighted by Gasteiger charge is 2.28. The van der Waals surface area contributed by atoms with Gasteiger partial charge >= 0.3 is 0 Å². The zero-order chi connectivity index (χ0) is 22.6. The Hall–Kier alpha value is -2.82. The van der Waals surface area contributed by atoms with E-state index in [2.05, 4.69) is 31.3 Å². The number of benzene rings is 2. The number of sulfonamides is 1. The molecular formula is C21H26N4O5S. The first-order chi connectivity index (χ1) is 14.6. The highest BCUT2D eigenvalue weighted by atomic mass is 32.2. The number of hydrogen-bond acceptors (Lipinski definition) is 7. The molecule has 1 N–H and O–H groups in total. The molecule has 0 bridgehead atoms. The summed E-state index contributed by atoms with van der Waals surface area (Å²) in [5.41, 5.74) is 4.44. The molecule has 1 saturated heterocycles. The Labute approximate surface area is 181 Å². The largest absolute Gasteiger partial charge is 0.379 e. The number of nitro groups is 1. The minimum atomic E-state index is -3.83. The number of hydrazone groups is 1. The molecule has 2 aromatic carbocycles. The third kappa shape index (κ3) is 5.46. The second-order valence-electron chi connectivity index (χ2n) is 8.19. The van der Waals surface area contributed by atoms with E-state index in [0.29, 0.717) is 13.2 Å². The van der Waals surface area contributed by atoms with Crippen molar-refractivity contribution in [2.45, 2.75) is 31.1 Å². The van der Waals surface area contributed by atoms with Gasteiger partial charge in [0.1, 0.15) is 5.69 Å². The average Bonchev–Trinajstić information content (AvgIpc) is 2.74. The number of hydrogen-bond donors (Lipinski definition) is 1. The summed E-state index contributed by atoms with van der Waals surface area (Å²) in [4.78, 5) is 10.8. The molecule has 31 heavy (non-hydrogen) atoms. The van der Waals surface area contributed by atoms with Gasteiger partial charge in [0.2, 0.25) is 10.0 Å². The standard InChI is InChI=1S/C21H26N4O5S/c1-21(2,3)17-6-4-16(5-7-17)15-22-23-19-9-8-18(14-20(19)25(26)27)31(28,29)24-10-12-30-13-11-24/h4-9,14-15,23H,10-13H2,1-3H3/b22-15-. The predicted molar refractivity (Wildman–Crippen MR) is 119 cm³/mol.